The normalized spacial score (nSPS) is 13.1. The minimum atomic E-state index is 0.235. The molecule has 0 aliphatic rings. The van der Waals surface area contributed by atoms with E-state index in [9.17, 15) is 0 Å². The number of benzene rings is 1. The molecule has 0 saturated heterocycles. The Morgan fingerprint density at radius 3 is 2.83 bits per heavy atom. The van der Waals surface area contributed by atoms with Crippen molar-refractivity contribution in [3.05, 3.63) is 35.6 Å². The third kappa shape index (κ3) is 2.57. The third-order valence-electron chi connectivity index (χ3n) is 3.31. The molecule has 18 heavy (non-hydrogen) atoms. The van der Waals surface area contributed by atoms with Crippen molar-refractivity contribution in [2.24, 2.45) is 5.73 Å². The highest BCUT2D eigenvalue weighted by molar-refractivity contribution is 5.82. The van der Waals surface area contributed by atoms with E-state index >= 15 is 0 Å². The van der Waals surface area contributed by atoms with Crippen molar-refractivity contribution in [1.82, 2.24) is 5.32 Å². The summed E-state index contributed by atoms with van der Waals surface area (Å²) >= 11 is 0. The van der Waals surface area contributed by atoms with Gasteiger partial charge in [-0.05, 0) is 38.9 Å². The molecule has 98 valence electrons. The summed E-state index contributed by atoms with van der Waals surface area (Å²) in [5, 5.41) is 4.70. The van der Waals surface area contributed by atoms with Gasteiger partial charge < -0.3 is 15.5 Å². The molecule has 0 amide bonds. The van der Waals surface area contributed by atoms with Gasteiger partial charge in [0, 0.05) is 10.9 Å². The van der Waals surface area contributed by atoms with Gasteiger partial charge in [0.05, 0.1) is 6.04 Å². The molecule has 1 atom stereocenters. The summed E-state index contributed by atoms with van der Waals surface area (Å²) in [6.45, 7) is 5.97. The SMILES string of the molecule is CCc1c(C(C)NCCCN)oc2ccccc12. The van der Waals surface area contributed by atoms with Crippen LogP contribution >= 0.6 is 0 Å². The van der Waals surface area contributed by atoms with E-state index in [1.807, 2.05) is 12.1 Å². The maximum atomic E-state index is 5.99. The van der Waals surface area contributed by atoms with Crippen LogP contribution in [0.25, 0.3) is 11.0 Å². The second-order valence-electron chi connectivity index (χ2n) is 4.61. The smallest absolute Gasteiger partial charge is 0.134 e. The first-order valence-corrected chi connectivity index (χ1v) is 6.71. The molecule has 2 rings (SSSR count). The summed E-state index contributed by atoms with van der Waals surface area (Å²) in [4.78, 5) is 0. The van der Waals surface area contributed by atoms with Gasteiger partial charge in [-0.15, -0.1) is 0 Å². The summed E-state index contributed by atoms with van der Waals surface area (Å²) in [5.74, 6) is 1.07. The Balaban J connectivity index is 2.26. The zero-order chi connectivity index (χ0) is 13.0. The van der Waals surface area contributed by atoms with Gasteiger partial charge in [-0.1, -0.05) is 25.1 Å². The van der Waals surface area contributed by atoms with Gasteiger partial charge in [0.25, 0.3) is 0 Å². The van der Waals surface area contributed by atoms with Crippen LogP contribution in [-0.2, 0) is 6.42 Å². The average molecular weight is 246 g/mol. The van der Waals surface area contributed by atoms with Gasteiger partial charge in [-0.3, -0.25) is 0 Å². The topological polar surface area (TPSA) is 51.2 Å². The first-order chi connectivity index (χ1) is 8.77. The Bertz CT molecular complexity index is 504. The molecule has 3 nitrogen and oxygen atoms in total. The lowest BCUT2D eigenvalue weighted by molar-refractivity contribution is 0.445. The van der Waals surface area contributed by atoms with Gasteiger partial charge in [0.1, 0.15) is 11.3 Å². The molecule has 0 spiro atoms. The van der Waals surface area contributed by atoms with E-state index in [1.165, 1.54) is 10.9 Å². The van der Waals surface area contributed by atoms with Crippen LogP contribution in [0.5, 0.6) is 0 Å². The van der Waals surface area contributed by atoms with E-state index in [1.54, 1.807) is 0 Å². The van der Waals surface area contributed by atoms with E-state index in [0.717, 1.165) is 37.3 Å². The van der Waals surface area contributed by atoms with Crippen LogP contribution in [0, 0.1) is 0 Å². The molecule has 0 aliphatic heterocycles. The maximum Gasteiger partial charge on any atom is 0.134 e. The van der Waals surface area contributed by atoms with Gasteiger partial charge in [0.15, 0.2) is 0 Å². The Morgan fingerprint density at radius 2 is 2.11 bits per heavy atom. The predicted molar refractivity (Wildman–Crippen MR) is 75.7 cm³/mol. The Kier molecular flexibility index (Phi) is 4.39. The number of furan rings is 1. The molecular formula is C15H22N2O. The van der Waals surface area contributed by atoms with Crippen molar-refractivity contribution in [3.63, 3.8) is 0 Å². The average Bonchev–Trinajstić information content (AvgIpc) is 2.77. The van der Waals surface area contributed by atoms with Crippen LogP contribution in [0.4, 0.5) is 0 Å². The standard InChI is InChI=1S/C15H22N2O/c1-3-12-13-7-4-5-8-14(13)18-15(12)11(2)17-10-6-9-16/h4-5,7-8,11,17H,3,6,9-10,16H2,1-2H3. The Hall–Kier alpha value is -1.32. The molecule has 0 bridgehead atoms. The van der Waals surface area contributed by atoms with Gasteiger partial charge >= 0.3 is 0 Å². The molecule has 0 aliphatic carbocycles. The Labute approximate surface area is 108 Å². The zero-order valence-corrected chi connectivity index (χ0v) is 11.2. The van der Waals surface area contributed by atoms with Crippen molar-refractivity contribution in [1.29, 1.82) is 0 Å². The van der Waals surface area contributed by atoms with Gasteiger partial charge in [-0.25, -0.2) is 0 Å². The number of nitrogens with two attached hydrogens (primary N) is 1. The fourth-order valence-corrected chi connectivity index (χ4v) is 2.35. The number of para-hydroxylation sites is 1. The number of nitrogens with one attached hydrogen (secondary N) is 1. The van der Waals surface area contributed by atoms with E-state index in [4.69, 9.17) is 10.2 Å². The van der Waals surface area contributed by atoms with Crippen LogP contribution in [0.2, 0.25) is 0 Å². The summed E-state index contributed by atoms with van der Waals surface area (Å²) in [5.41, 5.74) is 7.81. The van der Waals surface area contributed by atoms with Crippen molar-refractivity contribution in [3.8, 4) is 0 Å². The summed E-state index contributed by atoms with van der Waals surface area (Å²) in [7, 11) is 0. The lowest BCUT2D eigenvalue weighted by Crippen LogP contribution is -2.22. The highest BCUT2D eigenvalue weighted by atomic mass is 16.3. The fraction of sp³-hybridized carbons (Fsp3) is 0.467. The minimum Gasteiger partial charge on any atom is -0.459 e. The third-order valence-corrected chi connectivity index (χ3v) is 3.31. The molecule has 1 aromatic heterocycles. The van der Waals surface area contributed by atoms with Crippen LogP contribution in [0.1, 0.15) is 37.6 Å². The first kappa shape index (κ1) is 13.1. The number of rotatable bonds is 6. The number of fused-ring (bicyclic) bond motifs is 1. The molecule has 0 fully saturated rings. The largest absolute Gasteiger partial charge is 0.459 e. The van der Waals surface area contributed by atoms with Crippen molar-refractivity contribution in [2.45, 2.75) is 32.7 Å². The maximum absolute atomic E-state index is 5.99. The molecule has 2 aromatic rings. The molecule has 3 N–H and O–H groups in total. The zero-order valence-electron chi connectivity index (χ0n) is 11.2. The van der Waals surface area contributed by atoms with Crippen molar-refractivity contribution >= 4 is 11.0 Å². The molecule has 1 unspecified atom stereocenters. The van der Waals surface area contributed by atoms with E-state index in [-0.39, 0.29) is 6.04 Å². The highest BCUT2D eigenvalue weighted by Crippen LogP contribution is 2.30. The summed E-state index contributed by atoms with van der Waals surface area (Å²) in [6, 6.07) is 8.48. The summed E-state index contributed by atoms with van der Waals surface area (Å²) < 4.78 is 5.99. The Morgan fingerprint density at radius 1 is 1.33 bits per heavy atom. The number of hydrogen-bond acceptors (Lipinski definition) is 3. The second-order valence-corrected chi connectivity index (χ2v) is 4.61. The van der Waals surface area contributed by atoms with Crippen LogP contribution in [0.15, 0.2) is 28.7 Å². The molecular weight excluding hydrogens is 224 g/mol. The molecule has 1 aromatic carbocycles. The highest BCUT2D eigenvalue weighted by Gasteiger charge is 2.17. The van der Waals surface area contributed by atoms with Crippen LogP contribution < -0.4 is 11.1 Å². The van der Waals surface area contributed by atoms with E-state index < -0.39 is 0 Å². The molecule has 1 heterocycles. The first-order valence-electron chi connectivity index (χ1n) is 6.71. The predicted octanol–water partition coefficient (Wildman–Crippen LogP) is 2.99. The monoisotopic (exact) mass is 246 g/mol. The summed E-state index contributed by atoms with van der Waals surface area (Å²) in [6.07, 6.45) is 1.99. The van der Waals surface area contributed by atoms with Gasteiger partial charge in [-0.2, -0.15) is 0 Å². The quantitative estimate of drug-likeness (QED) is 0.770. The van der Waals surface area contributed by atoms with Crippen LogP contribution in [-0.4, -0.2) is 13.1 Å². The van der Waals surface area contributed by atoms with E-state index in [0.29, 0.717) is 0 Å². The molecule has 0 radical (unpaired) electrons. The number of hydrogen-bond donors (Lipinski definition) is 2. The molecule has 0 saturated carbocycles. The lowest BCUT2D eigenvalue weighted by Gasteiger charge is -2.12. The molecule has 3 heteroatoms. The second kappa shape index (κ2) is 6.03. The van der Waals surface area contributed by atoms with E-state index in [2.05, 4.69) is 31.3 Å². The number of aryl methyl sites for hydroxylation is 1. The van der Waals surface area contributed by atoms with Gasteiger partial charge in [0.2, 0.25) is 0 Å². The van der Waals surface area contributed by atoms with Crippen LogP contribution in [0.3, 0.4) is 0 Å². The minimum absolute atomic E-state index is 0.235. The van der Waals surface area contributed by atoms with Crippen molar-refractivity contribution in [2.75, 3.05) is 13.1 Å². The fourth-order valence-electron chi connectivity index (χ4n) is 2.35. The lowest BCUT2D eigenvalue weighted by atomic mass is 10.1. The van der Waals surface area contributed by atoms with Crippen molar-refractivity contribution < 1.29 is 4.42 Å².